The van der Waals surface area contributed by atoms with Gasteiger partial charge >= 0.3 is 5.97 Å². The van der Waals surface area contributed by atoms with Gasteiger partial charge in [0.05, 0.1) is 4.08 Å². The molecule has 0 aliphatic rings. The molecule has 0 rings (SSSR count). The van der Waals surface area contributed by atoms with Crippen molar-refractivity contribution in [3.8, 4) is 0 Å². The smallest absolute Gasteiger partial charge is 0.303 e. The minimum atomic E-state index is -0.656. The van der Waals surface area contributed by atoms with E-state index in [-0.39, 0.29) is 4.08 Å². The Morgan fingerprint density at radius 2 is 1.00 bits per heavy atom. The van der Waals surface area contributed by atoms with Gasteiger partial charge in [0.1, 0.15) is 0 Å². The summed E-state index contributed by atoms with van der Waals surface area (Å²) >= 11 is 4.03. The maximum absolute atomic E-state index is 11.1. The van der Waals surface area contributed by atoms with Gasteiger partial charge in [0, 0.05) is 6.42 Å². The summed E-state index contributed by atoms with van der Waals surface area (Å²) in [5.41, 5.74) is 0. The summed E-state index contributed by atoms with van der Waals surface area (Å²) in [6, 6.07) is 0. The van der Waals surface area contributed by atoms with Crippen LogP contribution in [0.25, 0.3) is 0 Å². The summed E-state index contributed by atoms with van der Waals surface area (Å²) in [5.74, 6) is 1.70. The number of carboxylic acid groups (broad SMARTS) is 1. The molecule has 4 heteroatoms. The van der Waals surface area contributed by atoms with Crippen LogP contribution in [0.4, 0.5) is 0 Å². The second-order valence-electron chi connectivity index (χ2n) is 8.67. The highest BCUT2D eigenvalue weighted by Crippen LogP contribution is 2.42. The summed E-state index contributed by atoms with van der Waals surface area (Å²) < 4.78 is 0.0701. The molecule has 29 heavy (non-hydrogen) atoms. The fourth-order valence-electron chi connectivity index (χ4n) is 3.57. The van der Waals surface area contributed by atoms with Crippen molar-refractivity contribution in [1.82, 2.24) is 0 Å². The van der Waals surface area contributed by atoms with Crippen LogP contribution in [-0.4, -0.2) is 26.7 Å². The molecule has 0 aliphatic heterocycles. The summed E-state index contributed by atoms with van der Waals surface area (Å²) in [5, 5.41) is 9.12. The van der Waals surface area contributed by atoms with Crippen molar-refractivity contribution in [3.05, 3.63) is 0 Å². The standard InChI is InChI=1S/C25H50O2S2/c1-4-6-8-10-12-14-16-18-22-28-25(3,21-20-24(26)27)29-23-19-17-15-13-11-9-7-5-2/h4-23H2,1-3H3,(H,26,27). The molecule has 0 heterocycles. The average Bonchev–Trinajstić information content (AvgIpc) is 2.70. The molecular weight excluding hydrogens is 396 g/mol. The van der Waals surface area contributed by atoms with E-state index in [9.17, 15) is 4.79 Å². The summed E-state index contributed by atoms with van der Waals surface area (Å²) in [6.07, 6.45) is 22.8. The van der Waals surface area contributed by atoms with Crippen molar-refractivity contribution in [1.29, 1.82) is 0 Å². The normalized spacial score (nSPS) is 11.8. The van der Waals surface area contributed by atoms with Crippen molar-refractivity contribution in [2.24, 2.45) is 0 Å². The van der Waals surface area contributed by atoms with Gasteiger partial charge in [0.15, 0.2) is 0 Å². The zero-order chi connectivity index (χ0) is 21.6. The topological polar surface area (TPSA) is 37.3 Å². The molecular formula is C25H50O2S2. The third kappa shape index (κ3) is 21.2. The molecule has 0 unspecified atom stereocenters. The molecule has 0 aromatic heterocycles. The zero-order valence-corrected chi connectivity index (χ0v) is 21.4. The van der Waals surface area contributed by atoms with E-state index in [1.54, 1.807) is 0 Å². The predicted molar refractivity (Wildman–Crippen MR) is 135 cm³/mol. The highest BCUT2D eigenvalue weighted by molar-refractivity contribution is 8.18. The first-order valence-electron chi connectivity index (χ1n) is 12.5. The van der Waals surface area contributed by atoms with E-state index in [0.29, 0.717) is 6.42 Å². The number of unbranched alkanes of at least 4 members (excludes halogenated alkanes) is 14. The number of rotatable bonds is 23. The second kappa shape index (κ2) is 21.4. The SMILES string of the molecule is CCCCCCCCCCSC(C)(CCC(=O)O)SCCCCCCCCCC. The molecule has 0 aliphatic carbocycles. The molecule has 0 radical (unpaired) electrons. The van der Waals surface area contributed by atoms with Crippen LogP contribution in [0.3, 0.4) is 0 Å². The number of hydrogen-bond acceptors (Lipinski definition) is 3. The molecule has 1 N–H and O–H groups in total. The van der Waals surface area contributed by atoms with E-state index in [2.05, 4.69) is 20.8 Å². The molecule has 0 saturated carbocycles. The van der Waals surface area contributed by atoms with Crippen molar-refractivity contribution in [3.63, 3.8) is 0 Å². The Labute approximate surface area is 191 Å². The fourth-order valence-corrected chi connectivity index (χ4v) is 6.45. The number of hydrogen-bond donors (Lipinski definition) is 1. The first-order valence-corrected chi connectivity index (χ1v) is 14.5. The Hall–Kier alpha value is 0.170. The first kappa shape index (κ1) is 29.2. The Morgan fingerprint density at radius 1 is 0.655 bits per heavy atom. The van der Waals surface area contributed by atoms with Crippen LogP contribution in [0, 0.1) is 0 Å². The van der Waals surface area contributed by atoms with Crippen LogP contribution in [0.15, 0.2) is 0 Å². The number of carboxylic acids is 1. The molecule has 0 bridgehead atoms. The van der Waals surface area contributed by atoms with Crippen molar-refractivity contribution in [2.45, 2.75) is 140 Å². The second-order valence-corrected chi connectivity index (χ2v) is 12.1. The van der Waals surface area contributed by atoms with Gasteiger partial charge in [-0.05, 0) is 37.7 Å². The first-order chi connectivity index (χ1) is 14.0. The van der Waals surface area contributed by atoms with E-state index in [4.69, 9.17) is 5.11 Å². The van der Waals surface area contributed by atoms with E-state index >= 15 is 0 Å². The minimum absolute atomic E-state index is 0.0701. The Bertz CT molecular complexity index is 339. The van der Waals surface area contributed by atoms with Gasteiger partial charge in [-0.3, -0.25) is 4.79 Å². The lowest BCUT2D eigenvalue weighted by atomic mass is 10.1. The van der Waals surface area contributed by atoms with E-state index in [1.807, 2.05) is 23.5 Å². The van der Waals surface area contributed by atoms with E-state index in [0.717, 1.165) is 6.42 Å². The maximum Gasteiger partial charge on any atom is 0.303 e. The summed E-state index contributed by atoms with van der Waals surface area (Å²) in [4.78, 5) is 11.1. The highest BCUT2D eigenvalue weighted by atomic mass is 32.2. The van der Waals surface area contributed by atoms with Gasteiger partial charge in [-0.2, -0.15) is 0 Å². The maximum atomic E-state index is 11.1. The molecule has 0 aromatic carbocycles. The lowest BCUT2D eigenvalue weighted by Gasteiger charge is -2.28. The zero-order valence-electron chi connectivity index (χ0n) is 19.8. The summed E-state index contributed by atoms with van der Waals surface area (Å²) in [7, 11) is 0. The van der Waals surface area contributed by atoms with Crippen LogP contribution < -0.4 is 0 Å². The lowest BCUT2D eigenvalue weighted by Crippen LogP contribution is -2.18. The van der Waals surface area contributed by atoms with Crippen LogP contribution in [0.2, 0.25) is 0 Å². The Morgan fingerprint density at radius 3 is 1.34 bits per heavy atom. The molecule has 0 aromatic rings. The lowest BCUT2D eigenvalue weighted by molar-refractivity contribution is -0.137. The Balaban J connectivity index is 3.89. The van der Waals surface area contributed by atoms with Gasteiger partial charge in [0.25, 0.3) is 0 Å². The fraction of sp³-hybridized carbons (Fsp3) is 0.960. The van der Waals surface area contributed by atoms with E-state index in [1.165, 1.54) is 114 Å². The number of carbonyl (C=O) groups is 1. The van der Waals surface area contributed by atoms with Gasteiger partial charge in [-0.1, -0.05) is 104 Å². The molecule has 0 saturated heterocycles. The molecule has 0 amide bonds. The average molecular weight is 447 g/mol. The van der Waals surface area contributed by atoms with Crippen LogP contribution in [0.1, 0.15) is 136 Å². The number of thioether (sulfide) groups is 2. The predicted octanol–water partition coefficient (Wildman–Crippen LogP) is 9.32. The van der Waals surface area contributed by atoms with Crippen molar-refractivity contribution < 1.29 is 9.90 Å². The van der Waals surface area contributed by atoms with Crippen LogP contribution in [0.5, 0.6) is 0 Å². The van der Waals surface area contributed by atoms with Crippen LogP contribution >= 0.6 is 23.5 Å². The quantitative estimate of drug-likeness (QED) is 0.125. The molecule has 0 fully saturated rings. The monoisotopic (exact) mass is 446 g/mol. The molecule has 2 nitrogen and oxygen atoms in total. The highest BCUT2D eigenvalue weighted by Gasteiger charge is 2.25. The van der Waals surface area contributed by atoms with Gasteiger partial charge in [-0.15, -0.1) is 23.5 Å². The van der Waals surface area contributed by atoms with Crippen molar-refractivity contribution in [2.75, 3.05) is 11.5 Å². The molecule has 174 valence electrons. The Kier molecular flexibility index (Phi) is 21.5. The minimum Gasteiger partial charge on any atom is -0.481 e. The third-order valence-electron chi connectivity index (χ3n) is 5.60. The summed E-state index contributed by atoms with van der Waals surface area (Å²) in [6.45, 7) is 6.82. The molecule has 0 atom stereocenters. The van der Waals surface area contributed by atoms with Gasteiger partial charge in [0.2, 0.25) is 0 Å². The van der Waals surface area contributed by atoms with Gasteiger partial charge in [-0.25, -0.2) is 0 Å². The largest absolute Gasteiger partial charge is 0.481 e. The van der Waals surface area contributed by atoms with Gasteiger partial charge < -0.3 is 5.11 Å². The van der Waals surface area contributed by atoms with Crippen LogP contribution in [-0.2, 0) is 4.79 Å². The van der Waals surface area contributed by atoms with E-state index < -0.39 is 5.97 Å². The molecule has 0 spiro atoms. The third-order valence-corrected chi connectivity index (χ3v) is 8.93. The number of aliphatic carboxylic acids is 1. The van der Waals surface area contributed by atoms with Crippen molar-refractivity contribution >= 4 is 29.5 Å².